The number of nitrogens with two attached hydrogens (primary N) is 1. The molecule has 1 amide bonds. The molecule has 0 aliphatic carbocycles. The van der Waals surface area contributed by atoms with E-state index in [9.17, 15) is 4.79 Å². The van der Waals surface area contributed by atoms with Crippen molar-refractivity contribution in [2.24, 2.45) is 5.73 Å². The van der Waals surface area contributed by atoms with Crippen LogP contribution in [0.5, 0.6) is 0 Å². The van der Waals surface area contributed by atoms with Gasteiger partial charge in [-0.2, -0.15) is 5.10 Å². The van der Waals surface area contributed by atoms with Crippen molar-refractivity contribution < 1.29 is 9.53 Å². The maximum absolute atomic E-state index is 12.1. The van der Waals surface area contributed by atoms with Gasteiger partial charge < -0.3 is 15.4 Å². The van der Waals surface area contributed by atoms with Gasteiger partial charge in [-0.1, -0.05) is 0 Å². The molecule has 2 atom stereocenters. The Bertz CT molecular complexity index is 444. The molecular formula is C14H24N4O2. The Morgan fingerprint density at radius 2 is 2.45 bits per heavy atom. The molecule has 2 N–H and O–H groups in total. The predicted molar refractivity (Wildman–Crippen MR) is 76.2 cm³/mol. The molecule has 2 rings (SSSR count). The topological polar surface area (TPSA) is 73.4 Å². The molecule has 20 heavy (non-hydrogen) atoms. The molecule has 0 saturated carbocycles. The number of ether oxygens (including phenoxy) is 1. The first-order valence-electron chi connectivity index (χ1n) is 7.18. The number of amides is 1. The highest BCUT2D eigenvalue weighted by molar-refractivity contribution is 5.76. The van der Waals surface area contributed by atoms with Gasteiger partial charge in [0.05, 0.1) is 25.5 Å². The van der Waals surface area contributed by atoms with E-state index in [4.69, 9.17) is 10.5 Å². The third-order valence-electron chi connectivity index (χ3n) is 3.46. The lowest BCUT2D eigenvalue weighted by molar-refractivity contribution is -0.139. The summed E-state index contributed by atoms with van der Waals surface area (Å²) in [5.74, 6) is 0.173. The van der Waals surface area contributed by atoms with Gasteiger partial charge in [-0.15, -0.1) is 0 Å². The van der Waals surface area contributed by atoms with Gasteiger partial charge in [-0.25, -0.2) is 0 Å². The number of hydrogen-bond donors (Lipinski definition) is 1. The lowest BCUT2D eigenvalue weighted by atomic mass is 10.1. The molecule has 2 heterocycles. The number of carbonyl (C=O) groups excluding carboxylic acids is 1. The molecule has 2 unspecified atom stereocenters. The molecule has 0 spiro atoms. The van der Waals surface area contributed by atoms with E-state index < -0.39 is 0 Å². The summed E-state index contributed by atoms with van der Waals surface area (Å²) in [5, 5.41) is 4.26. The third-order valence-corrected chi connectivity index (χ3v) is 3.46. The van der Waals surface area contributed by atoms with Crippen LogP contribution < -0.4 is 5.73 Å². The lowest BCUT2D eigenvalue weighted by Gasteiger charge is -2.33. The van der Waals surface area contributed by atoms with E-state index in [1.54, 1.807) is 0 Å². The molecule has 1 aliphatic rings. The smallest absolute Gasteiger partial charge is 0.222 e. The van der Waals surface area contributed by atoms with Crippen LogP contribution in [0.3, 0.4) is 0 Å². The summed E-state index contributed by atoms with van der Waals surface area (Å²) >= 11 is 0. The lowest BCUT2D eigenvalue weighted by Crippen LogP contribution is -2.47. The van der Waals surface area contributed by atoms with Crippen molar-refractivity contribution in [3.8, 4) is 0 Å². The van der Waals surface area contributed by atoms with E-state index >= 15 is 0 Å². The minimum atomic E-state index is 0.0160. The van der Waals surface area contributed by atoms with Crippen LogP contribution >= 0.6 is 0 Å². The standard InChI is InChI=1S/C14H24N4O2/c1-11-7-16-18(8-11)10-13-9-17(5-6-20-13)14(19)4-3-12(2)15/h7-8,12-13H,3-6,9-10,15H2,1-2H3. The molecule has 1 fully saturated rings. The average molecular weight is 280 g/mol. The number of hydrogen-bond acceptors (Lipinski definition) is 4. The Morgan fingerprint density at radius 3 is 3.10 bits per heavy atom. The van der Waals surface area contributed by atoms with Crippen molar-refractivity contribution in [2.45, 2.75) is 45.4 Å². The van der Waals surface area contributed by atoms with Crippen molar-refractivity contribution in [1.82, 2.24) is 14.7 Å². The van der Waals surface area contributed by atoms with Crippen molar-refractivity contribution in [1.29, 1.82) is 0 Å². The summed E-state index contributed by atoms with van der Waals surface area (Å²) in [5.41, 5.74) is 6.83. The van der Waals surface area contributed by atoms with Gasteiger partial charge in [-0.3, -0.25) is 9.48 Å². The molecule has 0 radical (unpaired) electrons. The van der Waals surface area contributed by atoms with E-state index in [1.807, 2.05) is 35.8 Å². The molecular weight excluding hydrogens is 256 g/mol. The zero-order valence-electron chi connectivity index (χ0n) is 12.3. The van der Waals surface area contributed by atoms with E-state index in [1.165, 1.54) is 0 Å². The van der Waals surface area contributed by atoms with E-state index in [0.717, 1.165) is 12.0 Å². The Kier molecular flexibility index (Phi) is 5.14. The molecule has 0 bridgehead atoms. The zero-order chi connectivity index (χ0) is 14.5. The van der Waals surface area contributed by atoms with Gasteiger partial charge in [0.2, 0.25) is 5.91 Å². The second kappa shape index (κ2) is 6.85. The normalized spacial score (nSPS) is 20.9. The zero-order valence-corrected chi connectivity index (χ0v) is 12.3. The molecule has 6 nitrogen and oxygen atoms in total. The molecule has 1 aromatic rings. The van der Waals surface area contributed by atoms with Crippen molar-refractivity contribution in [3.05, 3.63) is 18.0 Å². The number of nitrogens with zero attached hydrogens (tertiary/aromatic N) is 3. The highest BCUT2D eigenvalue weighted by Crippen LogP contribution is 2.10. The Balaban J connectivity index is 1.83. The molecule has 1 aliphatic heterocycles. The number of aryl methyl sites for hydroxylation is 1. The van der Waals surface area contributed by atoms with Crippen LogP contribution in [0.25, 0.3) is 0 Å². The average Bonchev–Trinajstić information content (AvgIpc) is 2.81. The molecule has 0 aromatic carbocycles. The minimum absolute atomic E-state index is 0.0160. The number of rotatable bonds is 5. The quantitative estimate of drug-likeness (QED) is 0.854. The molecule has 112 valence electrons. The van der Waals surface area contributed by atoms with E-state index in [2.05, 4.69) is 5.10 Å². The van der Waals surface area contributed by atoms with Crippen LogP contribution in [0.4, 0.5) is 0 Å². The van der Waals surface area contributed by atoms with Gasteiger partial charge in [0, 0.05) is 31.7 Å². The Hall–Kier alpha value is -1.40. The summed E-state index contributed by atoms with van der Waals surface area (Å²) in [6, 6.07) is 0.0721. The summed E-state index contributed by atoms with van der Waals surface area (Å²) in [6.07, 6.45) is 5.08. The van der Waals surface area contributed by atoms with Crippen molar-refractivity contribution in [3.63, 3.8) is 0 Å². The fraction of sp³-hybridized carbons (Fsp3) is 0.714. The van der Waals surface area contributed by atoms with Crippen molar-refractivity contribution >= 4 is 5.91 Å². The van der Waals surface area contributed by atoms with Crippen LogP contribution in [0.15, 0.2) is 12.4 Å². The monoisotopic (exact) mass is 280 g/mol. The van der Waals surface area contributed by atoms with Gasteiger partial charge in [0.25, 0.3) is 0 Å². The van der Waals surface area contributed by atoms with E-state index in [-0.39, 0.29) is 18.1 Å². The van der Waals surface area contributed by atoms with Crippen LogP contribution in [0, 0.1) is 6.92 Å². The molecule has 1 aromatic heterocycles. The number of aromatic nitrogens is 2. The second-order valence-corrected chi connectivity index (χ2v) is 5.59. The first-order valence-corrected chi connectivity index (χ1v) is 7.18. The summed E-state index contributed by atoms with van der Waals surface area (Å²) < 4.78 is 7.59. The predicted octanol–water partition coefficient (Wildman–Crippen LogP) is 0.546. The van der Waals surface area contributed by atoms with Crippen LogP contribution in [0.1, 0.15) is 25.3 Å². The number of morpholine rings is 1. The maximum Gasteiger partial charge on any atom is 0.222 e. The van der Waals surface area contributed by atoms with Gasteiger partial charge in [0.15, 0.2) is 0 Å². The van der Waals surface area contributed by atoms with Crippen molar-refractivity contribution in [2.75, 3.05) is 19.7 Å². The van der Waals surface area contributed by atoms with Gasteiger partial charge >= 0.3 is 0 Å². The van der Waals surface area contributed by atoms with Crippen LogP contribution in [-0.4, -0.2) is 52.4 Å². The maximum atomic E-state index is 12.1. The Labute approximate surface area is 119 Å². The fourth-order valence-corrected chi connectivity index (χ4v) is 2.34. The van der Waals surface area contributed by atoms with Gasteiger partial charge in [0.1, 0.15) is 0 Å². The molecule has 6 heteroatoms. The highest BCUT2D eigenvalue weighted by Gasteiger charge is 2.24. The molecule has 1 saturated heterocycles. The highest BCUT2D eigenvalue weighted by atomic mass is 16.5. The largest absolute Gasteiger partial charge is 0.373 e. The van der Waals surface area contributed by atoms with Crippen LogP contribution in [-0.2, 0) is 16.1 Å². The van der Waals surface area contributed by atoms with Gasteiger partial charge in [-0.05, 0) is 25.8 Å². The summed E-state index contributed by atoms with van der Waals surface area (Å²) in [6.45, 7) is 6.52. The second-order valence-electron chi connectivity index (χ2n) is 5.59. The number of carbonyl (C=O) groups is 1. The van der Waals surface area contributed by atoms with Crippen LogP contribution in [0.2, 0.25) is 0 Å². The fourth-order valence-electron chi connectivity index (χ4n) is 2.34. The Morgan fingerprint density at radius 1 is 1.65 bits per heavy atom. The van der Waals surface area contributed by atoms with E-state index in [0.29, 0.717) is 32.7 Å². The third kappa shape index (κ3) is 4.31. The summed E-state index contributed by atoms with van der Waals surface area (Å²) in [4.78, 5) is 14.0. The minimum Gasteiger partial charge on any atom is -0.373 e. The first kappa shape index (κ1) is 15.0. The summed E-state index contributed by atoms with van der Waals surface area (Å²) in [7, 11) is 0. The first-order chi connectivity index (χ1) is 9.54. The SMILES string of the molecule is Cc1cnn(CC2CN(C(=O)CCC(C)N)CCO2)c1.